The molecule has 0 atom stereocenters. The highest BCUT2D eigenvalue weighted by Gasteiger charge is 2.21. The van der Waals surface area contributed by atoms with Crippen LogP contribution in [0.15, 0.2) is 23.9 Å². The van der Waals surface area contributed by atoms with Crippen LogP contribution < -0.4 is 5.73 Å². The molecule has 1 aliphatic carbocycles. The van der Waals surface area contributed by atoms with E-state index in [9.17, 15) is 0 Å². The van der Waals surface area contributed by atoms with Gasteiger partial charge in [-0.2, -0.15) is 0 Å². The smallest absolute Gasteiger partial charge is 0.104 e. The van der Waals surface area contributed by atoms with Crippen molar-refractivity contribution in [3.63, 3.8) is 0 Å². The van der Waals surface area contributed by atoms with E-state index in [0.29, 0.717) is 0 Å². The summed E-state index contributed by atoms with van der Waals surface area (Å²) in [5.41, 5.74) is 6.45. The molecule has 1 nitrogen and oxygen atoms in total. The van der Waals surface area contributed by atoms with Gasteiger partial charge in [0.25, 0.3) is 0 Å². The Labute approximate surface area is 71.3 Å². The maximum Gasteiger partial charge on any atom is 0.104 e. The van der Waals surface area contributed by atoms with Crippen LogP contribution in [0, 0.1) is 0 Å². The second-order valence-electron chi connectivity index (χ2n) is 2.04. The summed E-state index contributed by atoms with van der Waals surface area (Å²) in [5, 5.41) is 0. The van der Waals surface area contributed by atoms with Crippen LogP contribution in [0.3, 0.4) is 0 Å². The van der Waals surface area contributed by atoms with E-state index >= 15 is 0 Å². The minimum absolute atomic E-state index is 0.0984. The summed E-state index contributed by atoms with van der Waals surface area (Å²) in [7, 11) is 0. The lowest BCUT2D eigenvalue weighted by atomic mass is 10.1. The zero-order chi connectivity index (χ0) is 6.91. The molecule has 0 heterocycles. The molecule has 0 spiro atoms. The lowest BCUT2D eigenvalue weighted by molar-refractivity contribution is 0.938. The lowest BCUT2D eigenvalue weighted by Crippen LogP contribution is -2.15. The Morgan fingerprint density at radius 2 is 2.22 bits per heavy atom. The first-order valence-electron chi connectivity index (χ1n) is 2.62. The third-order valence-corrected chi connectivity index (χ3v) is 2.18. The first-order valence-corrected chi connectivity index (χ1v) is 4.20. The van der Waals surface area contributed by atoms with Gasteiger partial charge in [-0.05, 0) is 6.08 Å². The molecule has 9 heavy (non-hydrogen) atoms. The van der Waals surface area contributed by atoms with E-state index in [-0.39, 0.29) is 3.23 Å². The van der Waals surface area contributed by atoms with Crippen LogP contribution >= 0.6 is 31.9 Å². The number of allylic oxidation sites excluding steroid dienone is 4. The highest BCUT2D eigenvalue weighted by Crippen LogP contribution is 2.35. The van der Waals surface area contributed by atoms with Crippen molar-refractivity contribution >= 4 is 31.9 Å². The predicted molar refractivity (Wildman–Crippen MR) is 46.6 cm³/mol. The fourth-order valence-corrected chi connectivity index (χ4v) is 1.66. The van der Waals surface area contributed by atoms with Crippen LogP contribution in [0.5, 0.6) is 0 Å². The van der Waals surface area contributed by atoms with Gasteiger partial charge >= 0.3 is 0 Å². The van der Waals surface area contributed by atoms with Crippen molar-refractivity contribution in [1.82, 2.24) is 0 Å². The molecular weight excluding hydrogens is 246 g/mol. The number of rotatable bonds is 0. The Kier molecular flexibility index (Phi) is 2.01. The molecule has 0 fully saturated rings. The van der Waals surface area contributed by atoms with Crippen molar-refractivity contribution in [2.45, 2.75) is 9.65 Å². The topological polar surface area (TPSA) is 26.0 Å². The molecule has 0 radical (unpaired) electrons. The zero-order valence-electron chi connectivity index (χ0n) is 4.77. The van der Waals surface area contributed by atoms with Crippen LogP contribution in [-0.4, -0.2) is 3.23 Å². The Balaban J connectivity index is 2.73. The number of hydrogen-bond donors (Lipinski definition) is 1. The molecule has 0 saturated carbocycles. The van der Waals surface area contributed by atoms with Gasteiger partial charge in [-0.25, -0.2) is 0 Å². The van der Waals surface area contributed by atoms with E-state index in [2.05, 4.69) is 31.9 Å². The Hall–Kier alpha value is 0.240. The van der Waals surface area contributed by atoms with Gasteiger partial charge in [-0.15, -0.1) is 0 Å². The molecule has 0 bridgehead atoms. The molecule has 0 unspecified atom stereocenters. The normalized spacial score (nSPS) is 23.6. The van der Waals surface area contributed by atoms with Crippen molar-refractivity contribution in [3.05, 3.63) is 23.9 Å². The lowest BCUT2D eigenvalue weighted by Gasteiger charge is -2.18. The summed E-state index contributed by atoms with van der Waals surface area (Å²) in [6.45, 7) is 0. The maximum absolute atomic E-state index is 5.56. The third kappa shape index (κ3) is 2.14. The SMILES string of the molecule is NC1=CC=CC(Br)(Br)C1. The van der Waals surface area contributed by atoms with Gasteiger partial charge in [0.1, 0.15) is 3.23 Å². The van der Waals surface area contributed by atoms with Gasteiger partial charge in [-0.1, -0.05) is 44.0 Å². The molecule has 0 saturated heterocycles. The first kappa shape index (κ1) is 7.35. The van der Waals surface area contributed by atoms with E-state index in [0.717, 1.165) is 12.1 Å². The third-order valence-electron chi connectivity index (χ3n) is 1.09. The Morgan fingerprint density at radius 1 is 1.56 bits per heavy atom. The molecule has 1 aliphatic rings. The van der Waals surface area contributed by atoms with Crippen molar-refractivity contribution in [1.29, 1.82) is 0 Å². The van der Waals surface area contributed by atoms with Crippen LogP contribution in [0.25, 0.3) is 0 Å². The van der Waals surface area contributed by atoms with Gasteiger partial charge < -0.3 is 5.73 Å². The van der Waals surface area contributed by atoms with E-state index in [1.807, 2.05) is 18.2 Å². The number of hydrogen-bond acceptors (Lipinski definition) is 1. The monoisotopic (exact) mass is 251 g/mol. The summed E-state index contributed by atoms with van der Waals surface area (Å²) < 4.78 is -0.0984. The van der Waals surface area contributed by atoms with Crippen LogP contribution in [0.2, 0.25) is 0 Å². The molecule has 0 amide bonds. The number of nitrogens with two attached hydrogens (primary N) is 1. The Morgan fingerprint density at radius 3 is 2.56 bits per heavy atom. The average molecular weight is 253 g/mol. The fourth-order valence-electron chi connectivity index (χ4n) is 0.702. The van der Waals surface area contributed by atoms with Crippen LogP contribution in [-0.2, 0) is 0 Å². The summed E-state index contributed by atoms with van der Waals surface area (Å²) in [4.78, 5) is 0. The second kappa shape index (κ2) is 2.46. The molecule has 1 rings (SSSR count). The van der Waals surface area contributed by atoms with Crippen molar-refractivity contribution in [2.75, 3.05) is 0 Å². The van der Waals surface area contributed by atoms with Gasteiger partial charge in [0.15, 0.2) is 0 Å². The summed E-state index contributed by atoms with van der Waals surface area (Å²) in [5.74, 6) is 0. The van der Waals surface area contributed by atoms with E-state index in [4.69, 9.17) is 5.73 Å². The first-order chi connectivity index (χ1) is 4.10. The quantitative estimate of drug-likeness (QED) is 0.658. The highest BCUT2D eigenvalue weighted by molar-refractivity contribution is 9.25. The van der Waals surface area contributed by atoms with Crippen molar-refractivity contribution in [3.8, 4) is 0 Å². The van der Waals surface area contributed by atoms with Crippen LogP contribution in [0.1, 0.15) is 6.42 Å². The summed E-state index contributed by atoms with van der Waals surface area (Å²) >= 11 is 6.88. The largest absolute Gasteiger partial charge is 0.402 e. The maximum atomic E-state index is 5.56. The van der Waals surface area contributed by atoms with E-state index in [1.54, 1.807) is 0 Å². The molecule has 3 heteroatoms. The van der Waals surface area contributed by atoms with Gasteiger partial charge in [-0.3, -0.25) is 0 Å². The minimum atomic E-state index is -0.0984. The average Bonchev–Trinajstić information content (AvgIpc) is 1.60. The van der Waals surface area contributed by atoms with Gasteiger partial charge in [0, 0.05) is 12.1 Å². The zero-order valence-corrected chi connectivity index (χ0v) is 7.94. The number of alkyl halides is 2. The Bertz CT molecular complexity index is 170. The van der Waals surface area contributed by atoms with Gasteiger partial charge in [0.05, 0.1) is 0 Å². The minimum Gasteiger partial charge on any atom is -0.402 e. The molecule has 0 aromatic heterocycles. The van der Waals surface area contributed by atoms with E-state index < -0.39 is 0 Å². The van der Waals surface area contributed by atoms with Crippen molar-refractivity contribution in [2.24, 2.45) is 5.73 Å². The molecule has 0 aromatic carbocycles. The summed E-state index contributed by atoms with van der Waals surface area (Å²) in [6.07, 6.45) is 6.68. The fraction of sp³-hybridized carbons (Fsp3) is 0.333. The molecule has 50 valence electrons. The number of halogens is 2. The van der Waals surface area contributed by atoms with Crippen molar-refractivity contribution < 1.29 is 0 Å². The molecule has 0 aliphatic heterocycles. The second-order valence-corrected chi connectivity index (χ2v) is 5.93. The standard InChI is InChI=1S/C6H7Br2N/c7-6(8)3-1-2-5(9)4-6/h1-3H,4,9H2. The molecule has 0 aromatic rings. The predicted octanol–water partition coefficient (Wildman–Crippen LogP) is 2.28. The van der Waals surface area contributed by atoms with Crippen LogP contribution in [0.4, 0.5) is 0 Å². The van der Waals surface area contributed by atoms with E-state index in [1.165, 1.54) is 0 Å². The summed E-state index contributed by atoms with van der Waals surface area (Å²) in [6, 6.07) is 0. The molecule has 2 N–H and O–H groups in total. The van der Waals surface area contributed by atoms with Gasteiger partial charge in [0.2, 0.25) is 0 Å². The highest BCUT2D eigenvalue weighted by atomic mass is 79.9. The molecular formula is C6H7Br2N.